The summed E-state index contributed by atoms with van der Waals surface area (Å²) in [6.07, 6.45) is -1.91. The first kappa shape index (κ1) is 25.3. The second-order valence-electron chi connectivity index (χ2n) is 8.18. The summed E-state index contributed by atoms with van der Waals surface area (Å²) in [5.41, 5.74) is 12.5. The van der Waals surface area contributed by atoms with Crippen LogP contribution in [-0.2, 0) is 28.6 Å². The summed E-state index contributed by atoms with van der Waals surface area (Å²) in [7, 11) is 0. The van der Waals surface area contributed by atoms with Crippen LogP contribution in [0.3, 0.4) is 0 Å². The van der Waals surface area contributed by atoms with E-state index in [0.29, 0.717) is 30.5 Å². The van der Waals surface area contributed by atoms with Crippen LogP contribution in [0.1, 0.15) is 29.5 Å². The molecule has 6 nitrogen and oxygen atoms in total. The topological polar surface area (TPSA) is 111 Å². The van der Waals surface area contributed by atoms with E-state index in [-0.39, 0.29) is 18.6 Å². The van der Waals surface area contributed by atoms with Gasteiger partial charge in [-0.25, -0.2) is 0 Å². The molecule has 0 aliphatic heterocycles. The molecule has 0 fully saturated rings. The number of pyridine rings is 1. The van der Waals surface area contributed by atoms with E-state index in [0.717, 1.165) is 23.0 Å². The Morgan fingerprint density at radius 1 is 1.03 bits per heavy atom. The number of nitrogens with two attached hydrogens (primary N) is 2. The minimum absolute atomic E-state index is 0.00144. The van der Waals surface area contributed by atoms with Crippen LogP contribution in [0.4, 0.5) is 13.2 Å². The van der Waals surface area contributed by atoms with E-state index in [2.05, 4.69) is 10.3 Å². The molecule has 0 unspecified atom stereocenters. The molecular formula is C25H27F3N4O2. The second kappa shape index (κ2) is 11.2. The third-order valence-electron chi connectivity index (χ3n) is 5.51. The summed E-state index contributed by atoms with van der Waals surface area (Å²) in [4.78, 5) is 30.1. The predicted molar refractivity (Wildman–Crippen MR) is 124 cm³/mol. The highest BCUT2D eigenvalue weighted by atomic mass is 19.4. The Morgan fingerprint density at radius 3 is 2.41 bits per heavy atom. The number of carbonyl (C=O) groups is 2. The zero-order valence-electron chi connectivity index (χ0n) is 18.5. The number of alkyl halides is 3. The van der Waals surface area contributed by atoms with Gasteiger partial charge in [0.05, 0.1) is 23.2 Å². The van der Waals surface area contributed by atoms with Gasteiger partial charge in [0.1, 0.15) is 0 Å². The van der Waals surface area contributed by atoms with Crippen molar-refractivity contribution in [2.45, 2.75) is 43.9 Å². The number of para-hydroxylation sites is 1. The Hall–Kier alpha value is -3.30. The second-order valence-corrected chi connectivity index (χ2v) is 8.18. The fourth-order valence-electron chi connectivity index (χ4n) is 3.60. The number of aromatic nitrogens is 1. The van der Waals surface area contributed by atoms with Gasteiger partial charge in [0.2, 0.25) is 5.91 Å². The van der Waals surface area contributed by atoms with Crippen molar-refractivity contribution in [3.63, 3.8) is 0 Å². The maximum Gasteiger partial charge on any atom is 0.416 e. The predicted octanol–water partition coefficient (Wildman–Crippen LogP) is 3.16. The molecule has 0 aliphatic rings. The number of hydrogen-bond acceptors (Lipinski definition) is 5. The lowest BCUT2D eigenvalue weighted by Gasteiger charge is -2.21. The zero-order valence-corrected chi connectivity index (χ0v) is 18.5. The van der Waals surface area contributed by atoms with Crippen molar-refractivity contribution >= 4 is 22.6 Å². The number of nitrogens with one attached hydrogen (secondary N) is 1. The normalized spacial score (nSPS) is 13.4. The highest BCUT2D eigenvalue weighted by Crippen LogP contribution is 2.29. The summed E-state index contributed by atoms with van der Waals surface area (Å²) in [5, 5.41) is 3.55. The monoisotopic (exact) mass is 472 g/mol. The number of nitrogens with zero attached hydrogens (tertiary/aromatic N) is 1. The lowest BCUT2D eigenvalue weighted by Crippen LogP contribution is -2.49. The first-order chi connectivity index (χ1) is 16.2. The lowest BCUT2D eigenvalue weighted by molar-refractivity contribution is -0.137. The summed E-state index contributed by atoms with van der Waals surface area (Å²) in [6, 6.07) is 12.1. The van der Waals surface area contributed by atoms with Gasteiger partial charge in [-0.05, 0) is 61.2 Å². The van der Waals surface area contributed by atoms with Crippen LogP contribution < -0.4 is 16.8 Å². The molecule has 0 bridgehead atoms. The smallest absolute Gasteiger partial charge is 0.345 e. The van der Waals surface area contributed by atoms with E-state index >= 15 is 0 Å². The first-order valence-electron chi connectivity index (χ1n) is 11.0. The number of Topliss-reactive ketones (excluding diaryl/α,β-unsaturated/α-hetero) is 1. The Morgan fingerprint density at radius 2 is 1.74 bits per heavy atom. The number of fused-ring (bicyclic) bond motifs is 1. The van der Waals surface area contributed by atoms with Gasteiger partial charge in [0, 0.05) is 18.0 Å². The third kappa shape index (κ3) is 6.85. The molecule has 0 radical (unpaired) electrons. The van der Waals surface area contributed by atoms with Gasteiger partial charge in [-0.15, -0.1) is 0 Å². The number of rotatable bonds is 10. The molecule has 1 amide bonds. The Bertz CT molecular complexity index is 1130. The lowest BCUT2D eigenvalue weighted by atomic mass is 9.96. The van der Waals surface area contributed by atoms with E-state index in [1.54, 1.807) is 6.20 Å². The van der Waals surface area contributed by atoms with Crippen molar-refractivity contribution in [1.82, 2.24) is 10.3 Å². The van der Waals surface area contributed by atoms with Crippen LogP contribution in [0.25, 0.3) is 10.9 Å². The van der Waals surface area contributed by atoms with Crippen molar-refractivity contribution in [3.05, 3.63) is 77.5 Å². The van der Waals surface area contributed by atoms with Gasteiger partial charge in [-0.1, -0.05) is 30.3 Å². The molecule has 1 heterocycles. The first-order valence-corrected chi connectivity index (χ1v) is 11.0. The zero-order chi connectivity index (χ0) is 24.7. The highest BCUT2D eigenvalue weighted by Gasteiger charge is 2.30. The maximum absolute atomic E-state index is 13.2. The average molecular weight is 473 g/mol. The fraction of sp³-hybridized carbons (Fsp3) is 0.320. The van der Waals surface area contributed by atoms with Crippen LogP contribution >= 0.6 is 0 Å². The molecule has 0 aliphatic carbocycles. The van der Waals surface area contributed by atoms with E-state index in [1.165, 1.54) is 12.1 Å². The molecule has 5 N–H and O–H groups in total. The van der Waals surface area contributed by atoms with Crippen molar-refractivity contribution in [1.29, 1.82) is 0 Å². The fourth-order valence-corrected chi connectivity index (χ4v) is 3.60. The molecule has 180 valence electrons. The van der Waals surface area contributed by atoms with Gasteiger partial charge in [0.15, 0.2) is 5.78 Å². The molecule has 34 heavy (non-hydrogen) atoms. The van der Waals surface area contributed by atoms with E-state index in [4.69, 9.17) is 11.5 Å². The van der Waals surface area contributed by atoms with Crippen molar-refractivity contribution < 1.29 is 22.8 Å². The number of halogens is 3. The Balaban J connectivity index is 1.79. The van der Waals surface area contributed by atoms with Crippen molar-refractivity contribution in [2.75, 3.05) is 6.54 Å². The molecular weight excluding hydrogens is 445 g/mol. The van der Waals surface area contributed by atoms with E-state index < -0.39 is 29.7 Å². The number of hydrogen-bond donors (Lipinski definition) is 3. The minimum atomic E-state index is -4.46. The van der Waals surface area contributed by atoms with Gasteiger partial charge in [-0.2, -0.15) is 13.2 Å². The molecule has 1 aromatic heterocycles. The molecule has 9 heteroatoms. The van der Waals surface area contributed by atoms with Gasteiger partial charge >= 0.3 is 6.18 Å². The summed E-state index contributed by atoms with van der Waals surface area (Å²) in [6.45, 7) is 0.379. The standard InChI is InChI=1S/C25H27F3N4O2/c26-25(27,28)19-9-7-16(8-10-19)13-22(32-24(34)20(30)5-3-11-29)23(33)14-17-12-18-4-1-2-6-21(18)31-15-17/h1-2,4,6-10,12,15,20,22H,3,5,11,13-14,29-30H2,(H,32,34)/t20-,22+/m0/s1. The van der Waals surface area contributed by atoms with Crippen LogP contribution in [0.15, 0.2) is 60.8 Å². The molecule has 0 spiro atoms. The molecule has 2 aromatic carbocycles. The van der Waals surface area contributed by atoms with Crippen LogP contribution in [-0.4, -0.2) is 35.3 Å². The highest BCUT2D eigenvalue weighted by molar-refractivity contribution is 5.92. The molecule has 0 saturated carbocycles. The number of carbonyl (C=O) groups excluding carboxylic acids is 2. The summed E-state index contributed by atoms with van der Waals surface area (Å²) >= 11 is 0. The Kier molecular flexibility index (Phi) is 8.36. The number of ketones is 1. The minimum Gasteiger partial charge on any atom is -0.345 e. The SMILES string of the molecule is NCCC[C@H](N)C(=O)N[C@H](Cc1ccc(C(F)(F)F)cc1)C(=O)Cc1cnc2ccccc2c1. The average Bonchev–Trinajstić information content (AvgIpc) is 2.81. The van der Waals surface area contributed by atoms with E-state index in [9.17, 15) is 22.8 Å². The van der Waals surface area contributed by atoms with Crippen LogP contribution in [0.5, 0.6) is 0 Å². The third-order valence-corrected chi connectivity index (χ3v) is 5.51. The quantitative estimate of drug-likeness (QED) is 0.420. The van der Waals surface area contributed by atoms with Crippen molar-refractivity contribution in [2.24, 2.45) is 11.5 Å². The van der Waals surface area contributed by atoms with Gasteiger partial charge in [-0.3, -0.25) is 14.6 Å². The summed E-state index contributed by atoms with van der Waals surface area (Å²) < 4.78 is 38.7. The van der Waals surface area contributed by atoms with Crippen molar-refractivity contribution in [3.8, 4) is 0 Å². The maximum atomic E-state index is 13.2. The largest absolute Gasteiger partial charge is 0.416 e. The van der Waals surface area contributed by atoms with E-state index in [1.807, 2.05) is 30.3 Å². The number of benzene rings is 2. The van der Waals surface area contributed by atoms with Crippen LogP contribution in [0, 0.1) is 0 Å². The molecule has 2 atom stereocenters. The van der Waals surface area contributed by atoms with Gasteiger partial charge < -0.3 is 16.8 Å². The summed E-state index contributed by atoms with van der Waals surface area (Å²) in [5.74, 6) is -0.799. The molecule has 3 rings (SSSR count). The number of amides is 1. The molecule has 0 saturated heterocycles. The Labute approximate surface area is 195 Å². The molecule has 3 aromatic rings. The van der Waals surface area contributed by atoms with Crippen LogP contribution in [0.2, 0.25) is 0 Å². The van der Waals surface area contributed by atoms with Gasteiger partial charge in [0.25, 0.3) is 0 Å².